The topological polar surface area (TPSA) is 209 Å². The Morgan fingerprint density at radius 1 is 0.531 bits per heavy atom. The molecular formula is C42H31Cl7N8O7. The number of benzene rings is 5. The smallest absolute Gasteiger partial charge is 0.258 e. The number of nitrogens with one attached hydrogen (secondary N) is 4. The third kappa shape index (κ3) is 13.9. The number of amides is 4. The molecular weight excluding hydrogens is 977 g/mol. The second-order valence-electron chi connectivity index (χ2n) is 13.2. The van der Waals surface area contributed by atoms with Crippen LogP contribution in [-0.4, -0.2) is 59.8 Å². The highest BCUT2D eigenvalue weighted by Crippen LogP contribution is 2.31. The number of anilines is 4. The zero-order valence-electron chi connectivity index (χ0n) is 33.0. The SMILES string of the molecule is CC(=O)C(N=Nc1cc(Cl)cc(C(=O)Nc2ccc(Cl)c(Cl)c2)c1)C(=O)Nc1ccc(NC(=O)C(N=Nc2cc(Cl)cc(C(=O)Nc3ccc(Cl)c(Cl)c3)c2)C(C)=O)c(OCCCl)c1. The molecule has 0 spiro atoms. The van der Waals surface area contributed by atoms with Gasteiger partial charge < -0.3 is 26.0 Å². The first kappa shape index (κ1) is 49.4. The molecule has 2 unspecified atom stereocenters. The van der Waals surface area contributed by atoms with Crippen molar-refractivity contribution in [1.29, 1.82) is 0 Å². The summed E-state index contributed by atoms with van der Waals surface area (Å²) in [5.41, 5.74) is 1.18. The van der Waals surface area contributed by atoms with Crippen LogP contribution in [0.15, 0.2) is 111 Å². The summed E-state index contributed by atoms with van der Waals surface area (Å²) >= 11 is 42.4. The van der Waals surface area contributed by atoms with Crippen molar-refractivity contribution in [2.24, 2.45) is 20.5 Å². The molecule has 0 saturated heterocycles. The number of hydrogen-bond acceptors (Lipinski definition) is 11. The summed E-state index contributed by atoms with van der Waals surface area (Å²) < 4.78 is 5.72. The summed E-state index contributed by atoms with van der Waals surface area (Å²) in [4.78, 5) is 78.0. The fourth-order valence-corrected chi connectivity index (χ4v) is 6.48. The van der Waals surface area contributed by atoms with E-state index in [1.807, 2.05) is 0 Å². The number of carbonyl (C=O) groups excluding carboxylic acids is 6. The molecule has 64 heavy (non-hydrogen) atoms. The van der Waals surface area contributed by atoms with Gasteiger partial charge in [-0.3, -0.25) is 28.8 Å². The Kier molecular flexibility index (Phi) is 17.6. The van der Waals surface area contributed by atoms with Crippen LogP contribution in [0, 0.1) is 0 Å². The number of nitrogens with zero attached hydrogens (tertiary/aromatic N) is 4. The minimum Gasteiger partial charge on any atom is -0.490 e. The molecule has 0 aliphatic rings. The summed E-state index contributed by atoms with van der Waals surface area (Å²) in [6.07, 6.45) is 0. The second-order valence-corrected chi connectivity index (χ2v) is 16.1. The maximum Gasteiger partial charge on any atom is 0.258 e. The maximum atomic E-state index is 13.5. The average Bonchev–Trinajstić information content (AvgIpc) is 3.23. The van der Waals surface area contributed by atoms with Gasteiger partial charge in [-0.15, -0.1) is 11.6 Å². The van der Waals surface area contributed by atoms with Gasteiger partial charge in [0.15, 0.2) is 11.6 Å². The largest absolute Gasteiger partial charge is 0.490 e. The Labute approximate surface area is 399 Å². The Morgan fingerprint density at radius 2 is 0.969 bits per heavy atom. The molecule has 22 heteroatoms. The number of ether oxygens (including phenoxy) is 1. The number of rotatable bonds is 17. The monoisotopic (exact) mass is 1000 g/mol. The lowest BCUT2D eigenvalue weighted by atomic mass is 10.1. The van der Waals surface area contributed by atoms with E-state index in [1.54, 1.807) is 12.1 Å². The molecule has 0 fully saturated rings. The zero-order valence-corrected chi connectivity index (χ0v) is 38.3. The van der Waals surface area contributed by atoms with Gasteiger partial charge in [0.2, 0.25) is 12.1 Å². The van der Waals surface area contributed by atoms with E-state index in [-0.39, 0.29) is 72.2 Å². The number of azo groups is 2. The zero-order chi connectivity index (χ0) is 46.7. The molecule has 0 radical (unpaired) electrons. The standard InChI is InChI=1S/C42H31Cl7N8O7/c1-20(58)37(56-54-29-13-22(11-24(44)15-29)39(60)50-26-3-6-31(46)33(48)17-26)41(62)52-28-5-8-35(36(19-28)64-10-9-43)53-42(63)38(21(2)59)57-55-30-14-23(12-25(45)16-30)40(61)51-27-4-7-32(47)34(49)18-27/h3-8,11-19,37-38H,9-10H2,1-2H3,(H,50,60)(H,51,61)(H,52,62)(H,53,63). The number of Topliss-reactive ketones (excluding diaryl/α,β-unsaturated/α-hetero) is 2. The summed E-state index contributed by atoms with van der Waals surface area (Å²) in [6, 6.07) is 18.0. The summed E-state index contributed by atoms with van der Waals surface area (Å²) in [6.45, 7) is 2.23. The molecule has 2 atom stereocenters. The molecule has 4 amide bonds. The van der Waals surface area contributed by atoms with Crippen LogP contribution in [0.25, 0.3) is 0 Å². The number of halogens is 7. The van der Waals surface area contributed by atoms with Crippen molar-refractivity contribution >= 4 is 151 Å². The molecule has 0 aliphatic carbocycles. The Bertz CT molecular complexity index is 2720. The molecule has 0 saturated carbocycles. The Hall–Kier alpha value is -5.65. The van der Waals surface area contributed by atoms with Gasteiger partial charge in [0.05, 0.1) is 43.0 Å². The number of ketones is 2. The molecule has 15 nitrogen and oxygen atoms in total. The van der Waals surface area contributed by atoms with E-state index in [9.17, 15) is 28.8 Å². The number of hydrogen-bond donors (Lipinski definition) is 4. The van der Waals surface area contributed by atoms with Gasteiger partial charge in [-0.25, -0.2) is 0 Å². The molecule has 5 aromatic carbocycles. The molecule has 0 heterocycles. The van der Waals surface area contributed by atoms with Gasteiger partial charge in [-0.2, -0.15) is 20.5 Å². The van der Waals surface area contributed by atoms with Crippen molar-refractivity contribution in [3.63, 3.8) is 0 Å². The van der Waals surface area contributed by atoms with Gasteiger partial charge in [0.25, 0.3) is 23.6 Å². The molecule has 0 aromatic heterocycles. The molecule has 5 rings (SSSR count). The molecule has 330 valence electrons. The molecule has 5 aromatic rings. The van der Waals surface area contributed by atoms with Crippen molar-refractivity contribution in [1.82, 2.24) is 0 Å². The van der Waals surface area contributed by atoms with E-state index in [1.165, 1.54) is 78.9 Å². The van der Waals surface area contributed by atoms with E-state index in [0.29, 0.717) is 21.4 Å². The van der Waals surface area contributed by atoms with E-state index in [4.69, 9.17) is 85.9 Å². The summed E-state index contributed by atoms with van der Waals surface area (Å²) in [5, 5.41) is 27.6. The maximum absolute atomic E-state index is 13.5. The van der Waals surface area contributed by atoms with Crippen LogP contribution in [0.1, 0.15) is 34.6 Å². The van der Waals surface area contributed by atoms with Crippen LogP contribution in [0.4, 0.5) is 34.1 Å². The van der Waals surface area contributed by atoms with Crippen LogP contribution in [0.3, 0.4) is 0 Å². The van der Waals surface area contributed by atoms with Crippen LogP contribution in [-0.2, 0) is 19.2 Å². The van der Waals surface area contributed by atoms with Gasteiger partial charge in [0, 0.05) is 44.3 Å². The lowest BCUT2D eigenvalue weighted by Gasteiger charge is -2.16. The Morgan fingerprint density at radius 3 is 1.41 bits per heavy atom. The van der Waals surface area contributed by atoms with Crippen LogP contribution < -0.4 is 26.0 Å². The van der Waals surface area contributed by atoms with Crippen molar-refractivity contribution < 1.29 is 33.5 Å². The highest BCUT2D eigenvalue weighted by molar-refractivity contribution is 6.42. The average molecular weight is 1010 g/mol. The highest BCUT2D eigenvalue weighted by Gasteiger charge is 2.26. The minimum absolute atomic E-state index is 0.0186. The van der Waals surface area contributed by atoms with Crippen LogP contribution in [0.2, 0.25) is 30.1 Å². The first-order valence-electron chi connectivity index (χ1n) is 18.3. The first-order valence-corrected chi connectivity index (χ1v) is 21.1. The minimum atomic E-state index is -1.66. The van der Waals surface area contributed by atoms with Crippen molar-refractivity contribution in [3.05, 3.63) is 132 Å². The van der Waals surface area contributed by atoms with E-state index in [2.05, 4.69) is 41.7 Å². The third-order valence-electron chi connectivity index (χ3n) is 8.33. The number of alkyl halides is 1. The third-order valence-corrected chi connectivity index (χ3v) is 10.4. The van der Waals surface area contributed by atoms with Gasteiger partial charge >= 0.3 is 0 Å². The van der Waals surface area contributed by atoms with E-state index < -0.39 is 47.3 Å². The lowest BCUT2D eigenvalue weighted by molar-refractivity contribution is -0.127. The fourth-order valence-electron chi connectivity index (χ4n) is 5.35. The van der Waals surface area contributed by atoms with Gasteiger partial charge in [-0.1, -0.05) is 69.6 Å². The highest BCUT2D eigenvalue weighted by atomic mass is 35.5. The molecule has 4 N–H and O–H groups in total. The van der Waals surface area contributed by atoms with Crippen molar-refractivity contribution in [3.8, 4) is 5.75 Å². The quantitative estimate of drug-likeness (QED) is 0.0402. The van der Waals surface area contributed by atoms with Crippen molar-refractivity contribution in [2.45, 2.75) is 25.9 Å². The molecule has 0 aliphatic heterocycles. The van der Waals surface area contributed by atoms with Gasteiger partial charge in [0.1, 0.15) is 12.4 Å². The predicted octanol–water partition coefficient (Wildman–Crippen LogP) is 12.1. The molecule has 0 bridgehead atoms. The summed E-state index contributed by atoms with van der Waals surface area (Å²) in [7, 11) is 0. The Balaban J connectivity index is 1.29. The predicted molar refractivity (Wildman–Crippen MR) is 250 cm³/mol. The fraction of sp³-hybridized carbons (Fsp3) is 0.143. The summed E-state index contributed by atoms with van der Waals surface area (Å²) in [5.74, 6) is -4.22. The van der Waals surface area contributed by atoms with Crippen molar-refractivity contribution in [2.75, 3.05) is 33.8 Å². The lowest BCUT2D eigenvalue weighted by Crippen LogP contribution is -2.32. The normalized spacial score (nSPS) is 12.1. The second kappa shape index (κ2) is 22.8. The van der Waals surface area contributed by atoms with Crippen LogP contribution in [0.5, 0.6) is 5.75 Å². The first-order chi connectivity index (χ1) is 30.4. The van der Waals surface area contributed by atoms with E-state index in [0.717, 1.165) is 13.8 Å². The number of carbonyl (C=O) groups is 6. The van der Waals surface area contributed by atoms with E-state index >= 15 is 0 Å². The van der Waals surface area contributed by atoms with Gasteiger partial charge in [-0.05, 0) is 98.8 Å². The van der Waals surface area contributed by atoms with Crippen LogP contribution >= 0.6 is 81.2 Å².